The van der Waals surface area contributed by atoms with E-state index < -0.39 is 0 Å². The second-order valence-electron chi connectivity index (χ2n) is 8.06. The zero-order chi connectivity index (χ0) is 22.7. The number of halogens is 1. The van der Waals surface area contributed by atoms with Gasteiger partial charge in [0.1, 0.15) is 5.49 Å². The van der Waals surface area contributed by atoms with Crippen molar-refractivity contribution in [2.24, 2.45) is 0 Å². The Morgan fingerprint density at radius 3 is 2.94 bits per heavy atom. The summed E-state index contributed by atoms with van der Waals surface area (Å²) < 4.78 is 1.75. The molecule has 9 heteroatoms. The van der Waals surface area contributed by atoms with E-state index in [4.69, 9.17) is 17.0 Å². The number of carbonyl (C=O) groups is 1. The molecule has 0 saturated carbocycles. The van der Waals surface area contributed by atoms with Gasteiger partial charge in [-0.05, 0) is 69.7 Å². The Morgan fingerprint density at radius 2 is 2.19 bits per heavy atom. The molecule has 0 unspecified atom stereocenters. The van der Waals surface area contributed by atoms with Crippen molar-refractivity contribution in [3.8, 4) is 5.69 Å². The summed E-state index contributed by atoms with van der Waals surface area (Å²) in [5.74, 6) is 0.171. The van der Waals surface area contributed by atoms with Crippen LogP contribution in [0, 0.1) is 19.3 Å². The summed E-state index contributed by atoms with van der Waals surface area (Å²) in [6.45, 7) is 4.44. The molecule has 3 aromatic rings. The molecule has 0 atom stereocenters. The number of nitrogens with zero attached hydrogens (tertiary/aromatic N) is 3. The Hall–Kier alpha value is -2.58. The van der Waals surface area contributed by atoms with E-state index in [-0.39, 0.29) is 17.1 Å². The third kappa shape index (κ3) is 4.91. The van der Waals surface area contributed by atoms with E-state index in [0.717, 1.165) is 36.2 Å². The number of aryl methyl sites for hydroxylation is 2. The van der Waals surface area contributed by atoms with E-state index in [2.05, 4.69) is 26.6 Å². The molecular weight excluding hydrogens is 444 g/mol. The highest BCUT2D eigenvalue weighted by atomic mass is 35.5. The van der Waals surface area contributed by atoms with Crippen molar-refractivity contribution in [1.29, 1.82) is 5.41 Å². The molecule has 168 valence electrons. The standard InChI is InChI=1S/C23H27ClN6OS/c1-14-12-17(8-9-18(14)24)30-21(25)20-15(2)28-29-22(20)27-23(30)32-13-19(31)26-11-10-16-6-4-3-5-7-16/h6,8-9,12,25H,3-5,7,10-11,13H2,1-2H3,(H,26,31)(H,28,29). The Labute approximate surface area is 196 Å². The minimum Gasteiger partial charge on any atom is -0.355 e. The maximum atomic E-state index is 12.5. The molecular formula is C23H27ClN6OS. The van der Waals surface area contributed by atoms with Crippen molar-refractivity contribution in [2.45, 2.75) is 51.1 Å². The van der Waals surface area contributed by atoms with Crippen LogP contribution in [0.3, 0.4) is 0 Å². The fourth-order valence-corrected chi connectivity index (χ4v) is 4.87. The first-order valence-corrected chi connectivity index (χ1v) is 12.2. The molecule has 1 aliphatic carbocycles. The van der Waals surface area contributed by atoms with Crippen molar-refractivity contribution >= 4 is 40.3 Å². The quantitative estimate of drug-likeness (QED) is 0.267. The largest absolute Gasteiger partial charge is 0.355 e. The van der Waals surface area contributed by atoms with Crippen LogP contribution in [0.2, 0.25) is 5.02 Å². The highest BCUT2D eigenvalue weighted by molar-refractivity contribution is 7.99. The highest BCUT2D eigenvalue weighted by Crippen LogP contribution is 2.24. The molecule has 0 fully saturated rings. The fourth-order valence-electron chi connectivity index (χ4n) is 3.91. The number of thioether (sulfide) groups is 1. The molecule has 0 bridgehead atoms. The van der Waals surface area contributed by atoms with Gasteiger partial charge in [-0.3, -0.25) is 19.9 Å². The van der Waals surface area contributed by atoms with Crippen LogP contribution in [0.25, 0.3) is 16.7 Å². The first-order chi connectivity index (χ1) is 15.4. The third-order valence-corrected chi connectivity index (χ3v) is 7.03. The lowest BCUT2D eigenvalue weighted by atomic mass is 9.97. The minimum absolute atomic E-state index is 0.0446. The molecule has 4 rings (SSSR count). The number of rotatable bonds is 7. The van der Waals surface area contributed by atoms with E-state index in [1.807, 2.05) is 32.0 Å². The second kappa shape index (κ2) is 9.92. The molecule has 0 spiro atoms. The van der Waals surface area contributed by atoms with Gasteiger partial charge in [0.05, 0.1) is 11.1 Å². The van der Waals surface area contributed by atoms with Crippen LogP contribution in [0.1, 0.15) is 43.4 Å². The maximum absolute atomic E-state index is 12.5. The van der Waals surface area contributed by atoms with Crippen molar-refractivity contribution in [2.75, 3.05) is 12.3 Å². The lowest BCUT2D eigenvalue weighted by molar-refractivity contribution is -0.118. The van der Waals surface area contributed by atoms with Gasteiger partial charge < -0.3 is 5.32 Å². The summed E-state index contributed by atoms with van der Waals surface area (Å²) in [4.78, 5) is 17.1. The summed E-state index contributed by atoms with van der Waals surface area (Å²) in [5.41, 5.74) is 4.66. The molecule has 0 saturated heterocycles. The van der Waals surface area contributed by atoms with E-state index >= 15 is 0 Å². The van der Waals surface area contributed by atoms with Gasteiger partial charge in [-0.15, -0.1) is 0 Å². The predicted molar refractivity (Wildman–Crippen MR) is 128 cm³/mol. The summed E-state index contributed by atoms with van der Waals surface area (Å²) in [6.07, 6.45) is 8.03. The van der Waals surface area contributed by atoms with Crippen molar-refractivity contribution in [3.05, 3.63) is 51.6 Å². The molecule has 3 N–H and O–H groups in total. The van der Waals surface area contributed by atoms with Crippen LogP contribution in [-0.2, 0) is 4.79 Å². The predicted octanol–water partition coefficient (Wildman–Crippen LogP) is 4.60. The summed E-state index contributed by atoms with van der Waals surface area (Å²) >= 11 is 7.51. The SMILES string of the molecule is Cc1cc(-n2c(SCC(=O)NCCC3=CCCCC3)nc3n[nH]c(C)c3c2=N)ccc1Cl. The van der Waals surface area contributed by atoms with Gasteiger partial charge in [-0.25, -0.2) is 4.98 Å². The first kappa shape index (κ1) is 22.6. The zero-order valence-corrected chi connectivity index (χ0v) is 19.9. The third-order valence-electron chi connectivity index (χ3n) is 5.67. The number of carbonyl (C=O) groups excluding carboxylic acids is 1. The number of hydrogen-bond donors (Lipinski definition) is 3. The molecule has 32 heavy (non-hydrogen) atoms. The number of benzene rings is 1. The first-order valence-electron chi connectivity index (χ1n) is 10.8. The Balaban J connectivity index is 1.54. The number of aromatic nitrogens is 4. The monoisotopic (exact) mass is 470 g/mol. The summed E-state index contributed by atoms with van der Waals surface area (Å²) in [6, 6.07) is 5.59. The van der Waals surface area contributed by atoms with Gasteiger partial charge in [0.25, 0.3) is 0 Å². The average Bonchev–Trinajstić information content (AvgIpc) is 3.16. The molecule has 7 nitrogen and oxygen atoms in total. The molecule has 1 aromatic carbocycles. The number of H-pyrrole nitrogens is 1. The molecule has 1 amide bonds. The van der Waals surface area contributed by atoms with Gasteiger partial charge in [0, 0.05) is 22.9 Å². The van der Waals surface area contributed by atoms with Crippen LogP contribution >= 0.6 is 23.4 Å². The second-order valence-corrected chi connectivity index (χ2v) is 9.41. The van der Waals surface area contributed by atoms with E-state index in [1.165, 1.54) is 30.2 Å². The topological polar surface area (TPSA) is 99.4 Å². The molecule has 2 aromatic heterocycles. The van der Waals surface area contributed by atoms with Gasteiger partial charge in [-0.1, -0.05) is 35.0 Å². The fraction of sp³-hybridized carbons (Fsp3) is 0.391. The Kier molecular flexibility index (Phi) is 7.01. The lowest BCUT2D eigenvalue weighted by Gasteiger charge is -2.15. The Morgan fingerprint density at radius 1 is 1.34 bits per heavy atom. The molecule has 0 radical (unpaired) electrons. The zero-order valence-electron chi connectivity index (χ0n) is 18.3. The van der Waals surface area contributed by atoms with Crippen molar-refractivity contribution < 1.29 is 4.79 Å². The van der Waals surface area contributed by atoms with Crippen LogP contribution in [0.15, 0.2) is 35.0 Å². The summed E-state index contributed by atoms with van der Waals surface area (Å²) in [5, 5.41) is 20.8. The van der Waals surface area contributed by atoms with Crippen molar-refractivity contribution in [3.63, 3.8) is 0 Å². The van der Waals surface area contributed by atoms with Crippen molar-refractivity contribution in [1.82, 2.24) is 25.1 Å². The number of hydrogen-bond acceptors (Lipinski definition) is 5. The Bertz CT molecular complexity index is 1250. The van der Waals surface area contributed by atoms with Crippen LogP contribution in [0.5, 0.6) is 0 Å². The molecule has 2 heterocycles. The molecule has 0 aliphatic heterocycles. The van der Waals surface area contributed by atoms with Gasteiger partial charge in [-0.2, -0.15) is 5.10 Å². The highest BCUT2D eigenvalue weighted by Gasteiger charge is 2.17. The van der Waals surface area contributed by atoms with E-state index in [0.29, 0.717) is 27.8 Å². The maximum Gasteiger partial charge on any atom is 0.230 e. The average molecular weight is 471 g/mol. The van der Waals surface area contributed by atoms with Crippen LogP contribution < -0.4 is 10.8 Å². The van der Waals surface area contributed by atoms with E-state index in [9.17, 15) is 4.79 Å². The minimum atomic E-state index is -0.0446. The number of nitrogens with one attached hydrogen (secondary N) is 3. The molecule has 1 aliphatic rings. The van der Waals surface area contributed by atoms with Crippen LogP contribution in [-0.4, -0.2) is 38.0 Å². The van der Waals surface area contributed by atoms with Gasteiger partial charge in [0.2, 0.25) is 5.91 Å². The number of amides is 1. The smallest absolute Gasteiger partial charge is 0.230 e. The van der Waals surface area contributed by atoms with Gasteiger partial charge in [0.15, 0.2) is 10.8 Å². The normalized spacial score (nSPS) is 13.9. The summed E-state index contributed by atoms with van der Waals surface area (Å²) in [7, 11) is 0. The number of aromatic amines is 1. The lowest BCUT2D eigenvalue weighted by Crippen LogP contribution is -2.27. The number of fused-ring (bicyclic) bond motifs is 1. The van der Waals surface area contributed by atoms with Gasteiger partial charge >= 0.3 is 0 Å². The van der Waals surface area contributed by atoms with E-state index in [1.54, 1.807) is 4.57 Å². The van der Waals surface area contributed by atoms with Crippen LogP contribution in [0.4, 0.5) is 0 Å². The number of allylic oxidation sites excluding steroid dienone is 1.